The first-order valence-corrected chi connectivity index (χ1v) is 4.64. The fourth-order valence-corrected chi connectivity index (χ4v) is 1.43. The summed E-state index contributed by atoms with van der Waals surface area (Å²) in [5, 5.41) is 37.3. The summed E-state index contributed by atoms with van der Waals surface area (Å²) in [7, 11) is 0. The molecule has 1 rings (SSSR count). The predicted octanol–water partition coefficient (Wildman–Crippen LogP) is -2.01. The largest absolute Gasteiger partial charge is 0.394 e. The molecule has 0 aromatic rings. The molecular formula is C9H16O6. The van der Waals surface area contributed by atoms with Gasteiger partial charge in [-0.2, -0.15) is 0 Å². The molecule has 6 heteroatoms. The lowest BCUT2D eigenvalue weighted by molar-refractivity contribution is -0.294. The molecule has 4 N–H and O–H groups in total. The maximum absolute atomic E-state index is 9.58. The molecule has 0 aliphatic carbocycles. The van der Waals surface area contributed by atoms with Crippen molar-refractivity contribution in [2.24, 2.45) is 0 Å². The SMILES string of the molecule is C=CCO[C@@H]1[C@@H](O)[C@@H](O)[C@@H](CO)O[C@H]1O. The third-order valence-electron chi connectivity index (χ3n) is 2.25. The standard InChI is InChI=1S/C9H16O6/c1-2-3-14-8-7(12)6(11)5(4-10)15-9(8)13/h2,5-13H,1,3-4H2/t5-,6+,7+,8-,9-/m1/s1. The monoisotopic (exact) mass is 220 g/mol. The molecule has 1 fully saturated rings. The molecule has 1 saturated heterocycles. The zero-order valence-electron chi connectivity index (χ0n) is 8.19. The van der Waals surface area contributed by atoms with Crippen LogP contribution in [0, 0.1) is 0 Å². The van der Waals surface area contributed by atoms with E-state index in [1.807, 2.05) is 0 Å². The quantitative estimate of drug-likeness (QED) is 0.408. The summed E-state index contributed by atoms with van der Waals surface area (Å²) in [5.41, 5.74) is 0. The summed E-state index contributed by atoms with van der Waals surface area (Å²) in [4.78, 5) is 0. The fourth-order valence-electron chi connectivity index (χ4n) is 1.43. The van der Waals surface area contributed by atoms with Gasteiger partial charge in [0.05, 0.1) is 13.2 Å². The Morgan fingerprint density at radius 2 is 1.93 bits per heavy atom. The van der Waals surface area contributed by atoms with Gasteiger partial charge in [-0.25, -0.2) is 0 Å². The lowest BCUT2D eigenvalue weighted by atomic mass is 9.99. The highest BCUT2D eigenvalue weighted by Crippen LogP contribution is 2.21. The molecule has 0 aromatic heterocycles. The molecular weight excluding hydrogens is 204 g/mol. The second-order valence-corrected chi connectivity index (χ2v) is 3.32. The minimum absolute atomic E-state index is 0.124. The number of aliphatic hydroxyl groups excluding tert-OH is 4. The number of hydrogen-bond donors (Lipinski definition) is 4. The Labute approximate surface area is 87.4 Å². The van der Waals surface area contributed by atoms with Crippen molar-refractivity contribution in [3.63, 3.8) is 0 Å². The van der Waals surface area contributed by atoms with Crippen LogP contribution in [0.1, 0.15) is 0 Å². The van der Waals surface area contributed by atoms with Crippen LogP contribution in [-0.4, -0.2) is 64.3 Å². The van der Waals surface area contributed by atoms with E-state index in [2.05, 4.69) is 6.58 Å². The summed E-state index contributed by atoms with van der Waals surface area (Å²) < 4.78 is 9.90. The number of hydrogen-bond acceptors (Lipinski definition) is 6. The molecule has 0 radical (unpaired) electrons. The van der Waals surface area contributed by atoms with Gasteiger partial charge in [0, 0.05) is 0 Å². The first kappa shape index (κ1) is 12.6. The minimum Gasteiger partial charge on any atom is -0.394 e. The van der Waals surface area contributed by atoms with Crippen LogP contribution in [0.15, 0.2) is 12.7 Å². The van der Waals surface area contributed by atoms with E-state index in [1.54, 1.807) is 0 Å². The van der Waals surface area contributed by atoms with Crippen LogP contribution in [0.5, 0.6) is 0 Å². The maximum atomic E-state index is 9.58. The zero-order chi connectivity index (χ0) is 11.4. The van der Waals surface area contributed by atoms with E-state index in [-0.39, 0.29) is 6.61 Å². The average molecular weight is 220 g/mol. The first-order chi connectivity index (χ1) is 7.11. The van der Waals surface area contributed by atoms with Crippen LogP contribution in [0.25, 0.3) is 0 Å². The summed E-state index contributed by atoms with van der Waals surface area (Å²) >= 11 is 0. The number of rotatable bonds is 4. The zero-order valence-corrected chi connectivity index (χ0v) is 8.19. The third kappa shape index (κ3) is 2.75. The van der Waals surface area contributed by atoms with Gasteiger partial charge in [0.1, 0.15) is 24.4 Å². The van der Waals surface area contributed by atoms with E-state index >= 15 is 0 Å². The highest BCUT2D eigenvalue weighted by molar-refractivity contribution is 4.89. The van der Waals surface area contributed by atoms with Crippen molar-refractivity contribution in [2.45, 2.75) is 30.7 Å². The van der Waals surface area contributed by atoms with Crippen LogP contribution in [0.4, 0.5) is 0 Å². The molecule has 6 nitrogen and oxygen atoms in total. The molecule has 1 aliphatic rings. The fraction of sp³-hybridized carbons (Fsp3) is 0.778. The second-order valence-electron chi connectivity index (χ2n) is 3.32. The van der Waals surface area contributed by atoms with Gasteiger partial charge in [-0.1, -0.05) is 6.08 Å². The van der Waals surface area contributed by atoms with Crippen LogP contribution in [0.2, 0.25) is 0 Å². The van der Waals surface area contributed by atoms with Crippen molar-refractivity contribution in [3.05, 3.63) is 12.7 Å². The normalized spacial score (nSPS) is 41.5. The van der Waals surface area contributed by atoms with Crippen LogP contribution >= 0.6 is 0 Å². The van der Waals surface area contributed by atoms with Gasteiger partial charge in [-0.15, -0.1) is 6.58 Å². The van der Waals surface area contributed by atoms with Crippen LogP contribution in [-0.2, 0) is 9.47 Å². The van der Waals surface area contributed by atoms with Crippen molar-refractivity contribution in [3.8, 4) is 0 Å². The van der Waals surface area contributed by atoms with Crippen molar-refractivity contribution in [2.75, 3.05) is 13.2 Å². The summed E-state index contributed by atoms with van der Waals surface area (Å²) in [6.07, 6.45) is -4.55. The molecule has 88 valence electrons. The molecule has 0 amide bonds. The molecule has 0 saturated carbocycles. The van der Waals surface area contributed by atoms with Crippen molar-refractivity contribution in [1.82, 2.24) is 0 Å². The Kier molecular flexibility index (Phi) is 4.65. The maximum Gasteiger partial charge on any atom is 0.184 e. The minimum atomic E-state index is -1.37. The van der Waals surface area contributed by atoms with E-state index in [9.17, 15) is 15.3 Å². The molecule has 1 heterocycles. The Morgan fingerprint density at radius 1 is 1.27 bits per heavy atom. The summed E-state index contributed by atoms with van der Waals surface area (Å²) in [6, 6.07) is 0. The smallest absolute Gasteiger partial charge is 0.184 e. The molecule has 15 heavy (non-hydrogen) atoms. The number of aliphatic hydroxyl groups is 4. The van der Waals surface area contributed by atoms with Crippen molar-refractivity contribution in [1.29, 1.82) is 0 Å². The van der Waals surface area contributed by atoms with Gasteiger partial charge in [-0.3, -0.25) is 0 Å². The third-order valence-corrected chi connectivity index (χ3v) is 2.25. The van der Waals surface area contributed by atoms with E-state index < -0.39 is 37.3 Å². The average Bonchev–Trinajstić information content (AvgIpc) is 2.23. The molecule has 0 aromatic carbocycles. The van der Waals surface area contributed by atoms with Crippen LogP contribution in [0.3, 0.4) is 0 Å². The Balaban J connectivity index is 2.61. The van der Waals surface area contributed by atoms with Gasteiger partial charge < -0.3 is 29.9 Å². The highest BCUT2D eigenvalue weighted by atomic mass is 16.7. The molecule has 0 bridgehead atoms. The van der Waals surface area contributed by atoms with E-state index in [0.29, 0.717) is 0 Å². The summed E-state index contributed by atoms with van der Waals surface area (Å²) in [5.74, 6) is 0. The number of ether oxygens (including phenoxy) is 2. The van der Waals surface area contributed by atoms with E-state index in [0.717, 1.165) is 0 Å². The Bertz CT molecular complexity index is 209. The van der Waals surface area contributed by atoms with Crippen molar-refractivity contribution >= 4 is 0 Å². The van der Waals surface area contributed by atoms with Gasteiger partial charge in [0.15, 0.2) is 6.29 Å². The first-order valence-electron chi connectivity index (χ1n) is 4.64. The highest BCUT2D eigenvalue weighted by Gasteiger charge is 2.44. The van der Waals surface area contributed by atoms with Gasteiger partial charge in [0.2, 0.25) is 0 Å². The molecule has 1 aliphatic heterocycles. The van der Waals surface area contributed by atoms with Gasteiger partial charge in [0.25, 0.3) is 0 Å². The Morgan fingerprint density at radius 3 is 2.47 bits per heavy atom. The molecule has 0 spiro atoms. The van der Waals surface area contributed by atoms with E-state index in [1.165, 1.54) is 6.08 Å². The van der Waals surface area contributed by atoms with Crippen molar-refractivity contribution < 1.29 is 29.9 Å². The lowest BCUT2D eigenvalue weighted by Crippen LogP contribution is -2.59. The molecule has 0 unspecified atom stereocenters. The Hall–Kier alpha value is -0.500. The summed E-state index contributed by atoms with van der Waals surface area (Å²) in [6.45, 7) is 3.05. The predicted molar refractivity (Wildman–Crippen MR) is 49.9 cm³/mol. The topological polar surface area (TPSA) is 99.4 Å². The van der Waals surface area contributed by atoms with Crippen LogP contribution < -0.4 is 0 Å². The van der Waals surface area contributed by atoms with Gasteiger partial charge in [-0.05, 0) is 0 Å². The van der Waals surface area contributed by atoms with E-state index in [4.69, 9.17) is 14.6 Å². The van der Waals surface area contributed by atoms with Gasteiger partial charge >= 0.3 is 0 Å². The molecule has 5 atom stereocenters. The second kappa shape index (κ2) is 5.55. The lowest BCUT2D eigenvalue weighted by Gasteiger charge is -2.39.